The number of nitrogens with zero attached hydrogens (tertiary/aromatic N) is 3. The van der Waals surface area contributed by atoms with E-state index < -0.39 is 0 Å². The van der Waals surface area contributed by atoms with E-state index in [0.29, 0.717) is 28.7 Å². The minimum atomic E-state index is -0.135. The summed E-state index contributed by atoms with van der Waals surface area (Å²) in [5, 5.41) is 13.7. The number of fused-ring (bicyclic) bond motifs is 1. The van der Waals surface area contributed by atoms with Crippen molar-refractivity contribution in [3.63, 3.8) is 0 Å². The van der Waals surface area contributed by atoms with Gasteiger partial charge < -0.3 is 5.32 Å². The van der Waals surface area contributed by atoms with Crippen molar-refractivity contribution < 1.29 is 4.79 Å². The molecule has 0 saturated carbocycles. The Morgan fingerprint density at radius 2 is 2.21 bits per heavy atom. The summed E-state index contributed by atoms with van der Waals surface area (Å²) in [5.74, 6) is 0.212. The van der Waals surface area contributed by atoms with Gasteiger partial charge in [-0.15, -0.1) is 11.3 Å². The highest BCUT2D eigenvalue weighted by atomic mass is 35.5. The fraction of sp³-hybridized carbons (Fsp3) is 0.286. The van der Waals surface area contributed by atoms with Crippen LogP contribution in [0.5, 0.6) is 0 Å². The van der Waals surface area contributed by atoms with E-state index in [1.165, 1.54) is 4.70 Å². The number of likely N-dealkylation sites (tertiary alicyclic amines) is 1. The molecule has 5 nitrogen and oxygen atoms in total. The molecule has 2 heterocycles. The van der Waals surface area contributed by atoms with Crippen molar-refractivity contribution in [3.8, 4) is 6.07 Å². The number of benzene rings is 2. The molecule has 142 valence electrons. The molecule has 1 saturated heterocycles. The third-order valence-corrected chi connectivity index (χ3v) is 6.34. The van der Waals surface area contributed by atoms with Crippen LogP contribution in [0.4, 0.5) is 5.69 Å². The van der Waals surface area contributed by atoms with E-state index in [1.54, 1.807) is 29.5 Å². The predicted molar refractivity (Wildman–Crippen MR) is 113 cm³/mol. The van der Waals surface area contributed by atoms with Gasteiger partial charge in [-0.2, -0.15) is 5.26 Å². The van der Waals surface area contributed by atoms with E-state index in [0.717, 1.165) is 36.5 Å². The lowest BCUT2D eigenvalue weighted by Crippen LogP contribution is -2.39. The average molecular weight is 411 g/mol. The number of thiazole rings is 1. The fourth-order valence-corrected chi connectivity index (χ4v) is 4.84. The fourth-order valence-electron chi connectivity index (χ4n) is 3.58. The number of carbonyl (C=O) groups is 1. The number of hydrogen-bond donors (Lipinski definition) is 1. The van der Waals surface area contributed by atoms with Gasteiger partial charge in [0.05, 0.1) is 33.0 Å². The number of rotatable bonds is 4. The molecule has 1 fully saturated rings. The largest absolute Gasteiger partial charge is 0.324 e. The molecule has 0 radical (unpaired) electrons. The van der Waals surface area contributed by atoms with Crippen LogP contribution >= 0.6 is 22.9 Å². The maximum absolute atomic E-state index is 12.5. The average Bonchev–Trinajstić information content (AvgIpc) is 3.13. The van der Waals surface area contributed by atoms with Gasteiger partial charge in [-0.05, 0) is 49.7 Å². The van der Waals surface area contributed by atoms with Crippen molar-refractivity contribution in [1.82, 2.24) is 9.88 Å². The highest BCUT2D eigenvalue weighted by molar-refractivity contribution is 7.18. The van der Waals surface area contributed by atoms with Crippen LogP contribution in [0.15, 0.2) is 42.5 Å². The molecule has 1 aliphatic heterocycles. The standard InChI is InChI=1S/C21H19ClN4OS/c22-16-8-7-14(11-23)18(10-16)24-20(27)13-26-9-3-4-15(12-26)21-25-17-5-1-2-6-19(17)28-21/h1-2,5-8,10,15H,3-4,9,12-13H2,(H,24,27)/t15-/m0/s1. The van der Waals surface area contributed by atoms with Crippen LogP contribution in [0.1, 0.15) is 29.3 Å². The molecule has 28 heavy (non-hydrogen) atoms. The molecule has 1 amide bonds. The predicted octanol–water partition coefficient (Wildman–Crippen LogP) is 4.64. The van der Waals surface area contributed by atoms with Crippen molar-refractivity contribution in [2.45, 2.75) is 18.8 Å². The SMILES string of the molecule is N#Cc1ccc(Cl)cc1NC(=O)CN1CCC[C@H](c2nc3ccccc3s2)C1. The van der Waals surface area contributed by atoms with Crippen LogP contribution in [0, 0.1) is 11.3 Å². The normalized spacial score (nSPS) is 17.4. The first-order valence-electron chi connectivity index (χ1n) is 9.19. The van der Waals surface area contributed by atoms with E-state index in [4.69, 9.17) is 16.6 Å². The number of piperidine rings is 1. The first kappa shape index (κ1) is 18.9. The molecule has 1 atom stereocenters. The smallest absolute Gasteiger partial charge is 0.238 e. The summed E-state index contributed by atoms with van der Waals surface area (Å²) < 4.78 is 1.21. The number of hydrogen-bond acceptors (Lipinski definition) is 5. The van der Waals surface area contributed by atoms with Gasteiger partial charge in [0.2, 0.25) is 5.91 Å². The molecule has 0 unspecified atom stereocenters. The summed E-state index contributed by atoms with van der Waals surface area (Å²) in [5.41, 5.74) is 1.91. The maximum atomic E-state index is 12.5. The number of nitrogens with one attached hydrogen (secondary N) is 1. The Hall–Kier alpha value is -2.46. The summed E-state index contributed by atoms with van der Waals surface area (Å²) in [7, 11) is 0. The van der Waals surface area contributed by atoms with Crippen molar-refractivity contribution in [1.29, 1.82) is 5.26 Å². The second kappa shape index (κ2) is 8.27. The van der Waals surface area contributed by atoms with Gasteiger partial charge in [0.1, 0.15) is 6.07 Å². The third kappa shape index (κ3) is 4.17. The molecular weight excluding hydrogens is 392 g/mol. The number of aromatic nitrogens is 1. The van der Waals surface area contributed by atoms with Crippen LogP contribution in [-0.4, -0.2) is 35.4 Å². The summed E-state index contributed by atoms with van der Waals surface area (Å²) >= 11 is 7.74. The van der Waals surface area contributed by atoms with Gasteiger partial charge in [-0.25, -0.2) is 4.98 Å². The van der Waals surface area contributed by atoms with Crippen LogP contribution in [0.2, 0.25) is 5.02 Å². The van der Waals surface area contributed by atoms with Gasteiger partial charge in [-0.3, -0.25) is 9.69 Å². The van der Waals surface area contributed by atoms with Crippen LogP contribution in [-0.2, 0) is 4.79 Å². The lowest BCUT2D eigenvalue weighted by atomic mass is 9.99. The van der Waals surface area contributed by atoms with Gasteiger partial charge in [0.15, 0.2) is 0 Å². The van der Waals surface area contributed by atoms with E-state index in [-0.39, 0.29) is 5.91 Å². The minimum Gasteiger partial charge on any atom is -0.324 e. The Kier molecular flexibility index (Phi) is 5.58. The van der Waals surface area contributed by atoms with Gasteiger partial charge >= 0.3 is 0 Å². The first-order chi connectivity index (χ1) is 13.6. The Labute approximate surface area is 172 Å². The van der Waals surface area contributed by atoms with Crippen molar-refractivity contribution >= 4 is 44.7 Å². The summed E-state index contributed by atoms with van der Waals surface area (Å²) in [6, 6.07) is 15.1. The highest BCUT2D eigenvalue weighted by Crippen LogP contribution is 2.33. The molecule has 1 N–H and O–H groups in total. The minimum absolute atomic E-state index is 0.135. The van der Waals surface area contributed by atoms with Crippen LogP contribution in [0.3, 0.4) is 0 Å². The summed E-state index contributed by atoms with van der Waals surface area (Å²) in [6.45, 7) is 1.99. The van der Waals surface area contributed by atoms with Crippen LogP contribution < -0.4 is 5.32 Å². The zero-order chi connectivity index (χ0) is 19.5. The molecule has 3 aromatic rings. The molecule has 7 heteroatoms. The molecule has 0 spiro atoms. The Balaban J connectivity index is 1.42. The molecule has 2 aromatic carbocycles. The number of amides is 1. The lowest BCUT2D eigenvalue weighted by molar-refractivity contribution is -0.117. The topological polar surface area (TPSA) is 69.0 Å². The van der Waals surface area contributed by atoms with Crippen molar-refractivity contribution in [2.75, 3.05) is 25.0 Å². The number of halogens is 1. The van der Waals surface area contributed by atoms with Crippen molar-refractivity contribution in [2.24, 2.45) is 0 Å². The lowest BCUT2D eigenvalue weighted by Gasteiger charge is -2.31. The quantitative estimate of drug-likeness (QED) is 0.680. The molecule has 4 rings (SSSR count). The maximum Gasteiger partial charge on any atom is 0.238 e. The Morgan fingerprint density at radius 3 is 3.04 bits per heavy atom. The van der Waals surface area contributed by atoms with E-state index in [9.17, 15) is 10.1 Å². The summed E-state index contributed by atoms with van der Waals surface area (Å²) in [4.78, 5) is 19.5. The second-order valence-corrected chi connectivity index (χ2v) is 8.44. The van der Waals surface area contributed by atoms with Gasteiger partial charge in [-0.1, -0.05) is 23.7 Å². The van der Waals surface area contributed by atoms with Crippen LogP contribution in [0.25, 0.3) is 10.2 Å². The molecule has 1 aromatic heterocycles. The van der Waals surface area contributed by atoms with Gasteiger partial charge in [0.25, 0.3) is 0 Å². The number of para-hydroxylation sites is 1. The highest BCUT2D eigenvalue weighted by Gasteiger charge is 2.25. The number of carbonyl (C=O) groups excluding carboxylic acids is 1. The zero-order valence-corrected chi connectivity index (χ0v) is 16.8. The van der Waals surface area contributed by atoms with Crippen molar-refractivity contribution in [3.05, 3.63) is 58.1 Å². The molecule has 1 aliphatic rings. The monoisotopic (exact) mass is 410 g/mol. The summed E-state index contributed by atoms with van der Waals surface area (Å²) in [6.07, 6.45) is 2.12. The Morgan fingerprint density at radius 1 is 1.36 bits per heavy atom. The molecule has 0 aliphatic carbocycles. The Bertz CT molecular complexity index is 1020. The van der Waals surface area contributed by atoms with Gasteiger partial charge in [0, 0.05) is 17.5 Å². The molecular formula is C21H19ClN4OS. The number of anilines is 1. The van der Waals surface area contributed by atoms with E-state index in [1.807, 2.05) is 18.2 Å². The van der Waals surface area contributed by atoms with E-state index in [2.05, 4.69) is 22.4 Å². The number of nitriles is 1. The second-order valence-electron chi connectivity index (χ2n) is 6.94. The van der Waals surface area contributed by atoms with E-state index >= 15 is 0 Å². The zero-order valence-electron chi connectivity index (χ0n) is 15.2. The first-order valence-corrected chi connectivity index (χ1v) is 10.4. The third-order valence-electron chi connectivity index (χ3n) is 4.91. The molecule has 0 bridgehead atoms.